The molecule has 0 saturated carbocycles. The van der Waals surface area contributed by atoms with Gasteiger partial charge in [0.15, 0.2) is 0 Å². The molecule has 166 valence electrons. The van der Waals surface area contributed by atoms with E-state index in [0.717, 1.165) is 59.7 Å². The van der Waals surface area contributed by atoms with Crippen molar-refractivity contribution in [3.63, 3.8) is 0 Å². The number of nitrogens with one attached hydrogen (secondary N) is 1. The predicted molar refractivity (Wildman–Crippen MR) is 132 cm³/mol. The number of hydrogen-bond acceptors (Lipinski definition) is 5. The summed E-state index contributed by atoms with van der Waals surface area (Å²) in [5, 5.41) is 3.78. The van der Waals surface area contributed by atoms with Crippen molar-refractivity contribution in [2.24, 2.45) is 0 Å². The zero-order valence-electron chi connectivity index (χ0n) is 18.8. The quantitative estimate of drug-likeness (QED) is 0.486. The van der Waals surface area contributed by atoms with E-state index < -0.39 is 0 Å². The van der Waals surface area contributed by atoms with Crippen molar-refractivity contribution >= 4 is 28.3 Å². The van der Waals surface area contributed by atoms with E-state index in [4.69, 9.17) is 9.72 Å². The largest absolute Gasteiger partial charge is 0.378 e. The van der Waals surface area contributed by atoms with Gasteiger partial charge in [-0.15, -0.1) is 0 Å². The number of amides is 1. The van der Waals surface area contributed by atoms with Gasteiger partial charge in [0.1, 0.15) is 5.82 Å². The van der Waals surface area contributed by atoms with Gasteiger partial charge in [-0.2, -0.15) is 0 Å². The third-order valence-electron chi connectivity index (χ3n) is 5.98. The first kappa shape index (κ1) is 21.1. The monoisotopic (exact) mass is 438 g/mol. The van der Waals surface area contributed by atoms with Crippen molar-refractivity contribution in [3.05, 3.63) is 83.6 Å². The SMILES string of the molecule is Cc1ccc(-c2cc(C(=O)Nc3ccc(N4CCOCC4)cn3)c3ccccc3n2)c(C)c1. The summed E-state index contributed by atoms with van der Waals surface area (Å²) >= 11 is 0. The molecule has 0 bridgehead atoms. The van der Waals surface area contributed by atoms with Gasteiger partial charge in [0.25, 0.3) is 5.91 Å². The molecule has 0 radical (unpaired) electrons. The number of carbonyl (C=O) groups is 1. The van der Waals surface area contributed by atoms with Gasteiger partial charge in [-0.05, 0) is 43.7 Å². The van der Waals surface area contributed by atoms with Crippen molar-refractivity contribution in [2.45, 2.75) is 13.8 Å². The van der Waals surface area contributed by atoms with Crippen LogP contribution < -0.4 is 10.2 Å². The van der Waals surface area contributed by atoms with E-state index in [1.54, 1.807) is 6.20 Å². The number of anilines is 2. The highest BCUT2D eigenvalue weighted by molar-refractivity contribution is 6.12. The summed E-state index contributed by atoms with van der Waals surface area (Å²) in [6.07, 6.45) is 1.80. The minimum Gasteiger partial charge on any atom is -0.378 e. The molecule has 1 aliphatic heterocycles. The Morgan fingerprint density at radius 2 is 1.82 bits per heavy atom. The van der Waals surface area contributed by atoms with Crippen molar-refractivity contribution in [2.75, 3.05) is 36.5 Å². The molecule has 0 atom stereocenters. The van der Waals surface area contributed by atoms with Gasteiger partial charge in [-0.1, -0.05) is 42.0 Å². The van der Waals surface area contributed by atoms with Crippen LogP contribution in [0.2, 0.25) is 0 Å². The normalized spacial score (nSPS) is 13.8. The maximum Gasteiger partial charge on any atom is 0.257 e. The van der Waals surface area contributed by atoms with Crippen LogP contribution in [-0.2, 0) is 4.74 Å². The van der Waals surface area contributed by atoms with Crippen LogP contribution in [0.1, 0.15) is 21.5 Å². The van der Waals surface area contributed by atoms with Gasteiger partial charge in [-0.25, -0.2) is 9.97 Å². The Labute approximate surface area is 193 Å². The Bertz CT molecular complexity index is 1310. The predicted octanol–water partition coefficient (Wildman–Crippen LogP) is 5.00. The number of morpholine rings is 1. The summed E-state index contributed by atoms with van der Waals surface area (Å²) in [4.78, 5) is 24.9. The van der Waals surface area contributed by atoms with E-state index >= 15 is 0 Å². The molecule has 1 fully saturated rings. The smallest absolute Gasteiger partial charge is 0.257 e. The number of para-hydroxylation sites is 1. The zero-order valence-corrected chi connectivity index (χ0v) is 18.8. The number of pyridine rings is 2. The summed E-state index contributed by atoms with van der Waals surface area (Å²) in [6.45, 7) is 7.27. The summed E-state index contributed by atoms with van der Waals surface area (Å²) < 4.78 is 5.41. The van der Waals surface area contributed by atoms with Gasteiger partial charge < -0.3 is 15.0 Å². The number of rotatable bonds is 4. The number of benzene rings is 2. The molecule has 33 heavy (non-hydrogen) atoms. The second-order valence-corrected chi connectivity index (χ2v) is 8.35. The Kier molecular flexibility index (Phi) is 5.75. The summed E-state index contributed by atoms with van der Waals surface area (Å²) in [5.74, 6) is 0.317. The molecular formula is C27H26N4O2. The van der Waals surface area contributed by atoms with E-state index in [2.05, 4.69) is 47.2 Å². The highest BCUT2D eigenvalue weighted by Crippen LogP contribution is 2.28. The minimum atomic E-state index is -0.203. The average Bonchev–Trinajstić information content (AvgIpc) is 2.84. The van der Waals surface area contributed by atoms with E-state index in [1.165, 1.54) is 5.56 Å². The molecule has 1 N–H and O–H groups in total. The number of nitrogens with zero attached hydrogens (tertiary/aromatic N) is 3. The summed E-state index contributed by atoms with van der Waals surface area (Å²) in [7, 11) is 0. The second-order valence-electron chi connectivity index (χ2n) is 8.35. The fourth-order valence-corrected chi connectivity index (χ4v) is 4.25. The number of aromatic nitrogens is 2. The summed E-state index contributed by atoms with van der Waals surface area (Å²) in [6, 6.07) is 19.7. The van der Waals surface area contributed by atoms with Gasteiger partial charge in [-0.3, -0.25) is 4.79 Å². The Morgan fingerprint density at radius 1 is 1.00 bits per heavy atom. The molecule has 1 aliphatic rings. The lowest BCUT2D eigenvalue weighted by Gasteiger charge is -2.28. The first-order valence-electron chi connectivity index (χ1n) is 11.2. The van der Waals surface area contributed by atoms with E-state index in [-0.39, 0.29) is 5.91 Å². The van der Waals surface area contributed by atoms with Gasteiger partial charge in [0.05, 0.1) is 41.9 Å². The highest BCUT2D eigenvalue weighted by Gasteiger charge is 2.16. The van der Waals surface area contributed by atoms with Crippen LogP contribution in [0.15, 0.2) is 66.9 Å². The molecule has 5 rings (SSSR count). The fraction of sp³-hybridized carbons (Fsp3) is 0.222. The molecule has 2 aromatic carbocycles. The van der Waals surface area contributed by atoms with Gasteiger partial charge in [0, 0.05) is 24.0 Å². The molecule has 0 aliphatic carbocycles. The molecule has 2 aromatic heterocycles. The zero-order chi connectivity index (χ0) is 22.8. The van der Waals surface area contributed by atoms with Crippen molar-refractivity contribution in [3.8, 4) is 11.3 Å². The Morgan fingerprint density at radius 3 is 2.58 bits per heavy atom. The number of aryl methyl sites for hydroxylation is 2. The molecule has 4 aromatic rings. The van der Waals surface area contributed by atoms with Crippen LogP contribution in [0.25, 0.3) is 22.2 Å². The number of hydrogen-bond donors (Lipinski definition) is 1. The van der Waals surface area contributed by atoms with Crippen LogP contribution in [0.5, 0.6) is 0 Å². The average molecular weight is 439 g/mol. The van der Waals surface area contributed by atoms with Crippen LogP contribution in [0.4, 0.5) is 11.5 Å². The maximum absolute atomic E-state index is 13.3. The second kappa shape index (κ2) is 9.00. The van der Waals surface area contributed by atoms with Crippen LogP contribution in [0, 0.1) is 13.8 Å². The standard InChI is InChI=1S/C27H26N4O2/c1-18-7-9-21(19(2)15-18)25-16-23(22-5-3-4-6-24(22)29-25)27(32)30-26-10-8-20(17-28-26)31-11-13-33-14-12-31/h3-10,15-17H,11-14H2,1-2H3,(H,28,30,32). The molecule has 6 heteroatoms. The number of fused-ring (bicyclic) bond motifs is 1. The van der Waals surface area contributed by atoms with Crippen molar-refractivity contribution in [1.82, 2.24) is 9.97 Å². The molecule has 3 heterocycles. The molecule has 6 nitrogen and oxygen atoms in total. The topological polar surface area (TPSA) is 67.4 Å². The van der Waals surface area contributed by atoms with E-state index in [0.29, 0.717) is 11.4 Å². The highest BCUT2D eigenvalue weighted by atomic mass is 16.5. The van der Waals surface area contributed by atoms with E-state index in [9.17, 15) is 4.79 Å². The third kappa shape index (κ3) is 4.43. The van der Waals surface area contributed by atoms with E-state index in [1.807, 2.05) is 42.5 Å². The van der Waals surface area contributed by atoms with Crippen molar-refractivity contribution in [1.29, 1.82) is 0 Å². The molecule has 1 saturated heterocycles. The maximum atomic E-state index is 13.3. The first-order chi connectivity index (χ1) is 16.1. The molecule has 0 unspecified atom stereocenters. The van der Waals surface area contributed by atoms with Crippen LogP contribution >= 0.6 is 0 Å². The Hall–Kier alpha value is -3.77. The van der Waals surface area contributed by atoms with Crippen molar-refractivity contribution < 1.29 is 9.53 Å². The molecule has 1 amide bonds. The third-order valence-corrected chi connectivity index (χ3v) is 5.98. The first-order valence-corrected chi connectivity index (χ1v) is 11.2. The Balaban J connectivity index is 1.46. The van der Waals surface area contributed by atoms with Gasteiger partial charge >= 0.3 is 0 Å². The van der Waals surface area contributed by atoms with Gasteiger partial charge in [0.2, 0.25) is 0 Å². The van der Waals surface area contributed by atoms with Crippen LogP contribution in [0.3, 0.4) is 0 Å². The summed E-state index contributed by atoms with van der Waals surface area (Å²) in [5.41, 5.74) is 6.53. The van der Waals surface area contributed by atoms with Crippen LogP contribution in [-0.4, -0.2) is 42.2 Å². The number of carbonyl (C=O) groups excluding carboxylic acids is 1. The lowest BCUT2D eigenvalue weighted by atomic mass is 9.99. The minimum absolute atomic E-state index is 0.203. The molecular weight excluding hydrogens is 412 g/mol. The molecule has 0 spiro atoms. The number of ether oxygens (including phenoxy) is 1. The lowest BCUT2D eigenvalue weighted by Crippen LogP contribution is -2.36. The lowest BCUT2D eigenvalue weighted by molar-refractivity contribution is 0.102. The fourth-order valence-electron chi connectivity index (χ4n) is 4.25.